The average molecular weight is 627 g/mol. The van der Waals surface area contributed by atoms with Crippen molar-refractivity contribution in [1.29, 1.82) is 0 Å². The maximum absolute atomic E-state index is 5.13. The van der Waals surface area contributed by atoms with Crippen LogP contribution in [-0.2, 0) is 0 Å². The van der Waals surface area contributed by atoms with Crippen LogP contribution < -0.4 is 0 Å². The fraction of sp³-hybridized carbons (Fsp3) is 0. The Morgan fingerprint density at radius 2 is 0.918 bits per heavy atom. The number of nitrogens with zero attached hydrogens (tertiary/aromatic N) is 6. The van der Waals surface area contributed by atoms with Crippen molar-refractivity contribution in [2.45, 2.75) is 0 Å². The van der Waals surface area contributed by atoms with E-state index in [1.165, 1.54) is 5.39 Å². The van der Waals surface area contributed by atoms with Crippen LogP contribution in [0, 0.1) is 0 Å². The fourth-order valence-corrected chi connectivity index (χ4v) is 7.20. The molecule has 0 aliphatic carbocycles. The Morgan fingerprint density at radius 1 is 0.388 bits per heavy atom. The molecule has 0 amide bonds. The monoisotopic (exact) mass is 626 g/mol. The van der Waals surface area contributed by atoms with Crippen LogP contribution in [-0.4, -0.2) is 29.5 Å². The Balaban J connectivity index is 1.34. The number of rotatable bonds is 4. The summed E-state index contributed by atoms with van der Waals surface area (Å²) in [5.74, 6) is 1.86. The van der Waals surface area contributed by atoms with E-state index in [9.17, 15) is 0 Å². The van der Waals surface area contributed by atoms with E-state index in [-0.39, 0.29) is 0 Å². The molecule has 10 rings (SSSR count). The van der Waals surface area contributed by atoms with Gasteiger partial charge in [-0.1, -0.05) is 127 Å². The molecule has 0 bridgehead atoms. The van der Waals surface area contributed by atoms with Crippen LogP contribution in [0.5, 0.6) is 0 Å². The largest absolute Gasteiger partial charge is 0.308 e. The molecule has 3 aromatic heterocycles. The van der Waals surface area contributed by atoms with Crippen LogP contribution in [0.1, 0.15) is 0 Å². The zero-order chi connectivity index (χ0) is 32.3. The third-order valence-electron chi connectivity index (χ3n) is 9.33. The Labute approximate surface area is 281 Å². The maximum Gasteiger partial charge on any atom is 0.166 e. The van der Waals surface area contributed by atoms with Crippen LogP contribution in [0.15, 0.2) is 158 Å². The number of fused-ring (bicyclic) bond motifs is 10. The molecular formula is C43H26N6. The topological polar surface area (TPSA) is 69.4 Å². The number of hydrogen-bond acceptors (Lipinski definition) is 5. The number of aromatic nitrogens is 6. The van der Waals surface area contributed by atoms with Gasteiger partial charge in [0.2, 0.25) is 0 Å². The van der Waals surface area contributed by atoms with E-state index in [0.717, 1.165) is 71.4 Å². The van der Waals surface area contributed by atoms with Crippen molar-refractivity contribution in [1.82, 2.24) is 29.5 Å². The third kappa shape index (κ3) is 4.24. The Bertz CT molecular complexity index is 2790. The molecule has 3 heterocycles. The van der Waals surface area contributed by atoms with Gasteiger partial charge in [-0.05, 0) is 23.6 Å². The van der Waals surface area contributed by atoms with Crippen LogP contribution in [0.3, 0.4) is 0 Å². The predicted octanol–water partition coefficient (Wildman–Crippen LogP) is 10.2. The van der Waals surface area contributed by atoms with Crippen molar-refractivity contribution in [2.24, 2.45) is 0 Å². The summed E-state index contributed by atoms with van der Waals surface area (Å²) in [5.41, 5.74) is 7.75. The summed E-state index contributed by atoms with van der Waals surface area (Å²) in [6.45, 7) is 0. The average Bonchev–Trinajstić information content (AvgIpc) is 3.53. The van der Waals surface area contributed by atoms with E-state index in [1.807, 2.05) is 60.7 Å². The lowest BCUT2D eigenvalue weighted by atomic mass is 9.97. The highest BCUT2D eigenvalue weighted by molar-refractivity contribution is 6.32. The zero-order valence-electron chi connectivity index (χ0n) is 26.2. The minimum Gasteiger partial charge on any atom is -0.308 e. The van der Waals surface area contributed by atoms with Gasteiger partial charge >= 0.3 is 0 Å². The molecule has 0 radical (unpaired) electrons. The van der Waals surface area contributed by atoms with Crippen molar-refractivity contribution in [3.63, 3.8) is 0 Å². The van der Waals surface area contributed by atoms with Gasteiger partial charge in [0.1, 0.15) is 0 Å². The summed E-state index contributed by atoms with van der Waals surface area (Å²) < 4.78 is 2.38. The van der Waals surface area contributed by atoms with E-state index in [1.54, 1.807) is 12.4 Å². The molecule has 0 N–H and O–H groups in total. The molecule has 6 nitrogen and oxygen atoms in total. The molecule has 0 fully saturated rings. The van der Waals surface area contributed by atoms with Crippen LogP contribution in [0.4, 0.5) is 0 Å². The number of para-hydroxylation sites is 2. The summed E-state index contributed by atoms with van der Waals surface area (Å²) in [6.07, 6.45) is 3.55. The van der Waals surface area contributed by atoms with E-state index in [0.29, 0.717) is 17.5 Å². The molecule has 10 aromatic rings. The second-order valence-corrected chi connectivity index (χ2v) is 12.1. The van der Waals surface area contributed by atoms with E-state index < -0.39 is 0 Å². The fourth-order valence-electron chi connectivity index (χ4n) is 7.20. The van der Waals surface area contributed by atoms with E-state index in [2.05, 4.69) is 89.5 Å². The summed E-state index contributed by atoms with van der Waals surface area (Å²) in [7, 11) is 0. The third-order valence-corrected chi connectivity index (χ3v) is 9.33. The van der Waals surface area contributed by atoms with E-state index in [4.69, 9.17) is 24.9 Å². The van der Waals surface area contributed by atoms with Gasteiger partial charge in [-0.25, -0.2) is 15.0 Å². The van der Waals surface area contributed by atoms with Crippen molar-refractivity contribution in [3.8, 4) is 39.9 Å². The molecule has 0 aliphatic rings. The normalized spacial score (nSPS) is 11.7. The van der Waals surface area contributed by atoms with Gasteiger partial charge in [0.25, 0.3) is 0 Å². The van der Waals surface area contributed by atoms with E-state index >= 15 is 0 Å². The van der Waals surface area contributed by atoms with Crippen molar-refractivity contribution < 1.29 is 0 Å². The smallest absolute Gasteiger partial charge is 0.166 e. The predicted molar refractivity (Wildman–Crippen MR) is 199 cm³/mol. The Kier molecular flexibility index (Phi) is 6.08. The molecule has 0 spiro atoms. The number of benzene rings is 7. The lowest BCUT2D eigenvalue weighted by Crippen LogP contribution is -2.03. The molecule has 228 valence electrons. The first-order chi connectivity index (χ1) is 24.3. The minimum atomic E-state index is 0.607. The highest BCUT2D eigenvalue weighted by Crippen LogP contribution is 2.43. The second-order valence-electron chi connectivity index (χ2n) is 12.1. The summed E-state index contributed by atoms with van der Waals surface area (Å²) in [4.78, 5) is 24.9. The molecular weight excluding hydrogens is 601 g/mol. The van der Waals surface area contributed by atoms with Crippen molar-refractivity contribution in [2.75, 3.05) is 0 Å². The van der Waals surface area contributed by atoms with Crippen molar-refractivity contribution >= 4 is 54.4 Å². The Hall–Kier alpha value is -6.79. The first-order valence-corrected chi connectivity index (χ1v) is 16.3. The van der Waals surface area contributed by atoms with Gasteiger partial charge < -0.3 is 4.57 Å². The summed E-state index contributed by atoms with van der Waals surface area (Å²) in [5, 5.41) is 6.75. The van der Waals surface area contributed by atoms with Gasteiger partial charge in [0, 0.05) is 56.0 Å². The molecule has 6 heteroatoms. The lowest BCUT2D eigenvalue weighted by Gasteiger charge is -2.16. The molecule has 0 saturated carbocycles. The summed E-state index contributed by atoms with van der Waals surface area (Å²) in [6, 6.07) is 50.2. The molecule has 7 aromatic carbocycles. The maximum atomic E-state index is 5.13. The Morgan fingerprint density at radius 3 is 1.63 bits per heavy atom. The number of hydrogen-bond donors (Lipinski definition) is 0. The molecule has 0 atom stereocenters. The quantitative estimate of drug-likeness (QED) is 0.182. The first-order valence-electron chi connectivity index (χ1n) is 16.3. The standard InChI is InChI=1S/C43H26N6/c1-3-13-27(14-4-1)41-46-42(28-15-5-2-6-16-28)48-43(47-41)33-20-10-12-22-36(33)49-35-21-11-9-17-29(35)32-23-24-34-37(40(32)49)30-18-7-8-19-31(30)38-39(34)45-26-25-44-38/h1-26H. The highest BCUT2D eigenvalue weighted by Gasteiger charge is 2.22. The van der Waals surface area contributed by atoms with Gasteiger partial charge in [-0.3, -0.25) is 9.97 Å². The van der Waals surface area contributed by atoms with Gasteiger partial charge in [0.05, 0.1) is 27.8 Å². The van der Waals surface area contributed by atoms with Crippen molar-refractivity contribution in [3.05, 3.63) is 158 Å². The first kappa shape index (κ1) is 27.3. The van der Waals surface area contributed by atoms with Crippen LogP contribution >= 0.6 is 0 Å². The second kappa shape index (κ2) is 10.9. The highest BCUT2D eigenvalue weighted by atomic mass is 15.1. The molecule has 49 heavy (non-hydrogen) atoms. The van der Waals surface area contributed by atoms with Crippen LogP contribution in [0.25, 0.3) is 94.2 Å². The molecule has 0 unspecified atom stereocenters. The SMILES string of the molecule is c1ccc(-c2nc(-c3ccccc3)nc(-c3ccccc3-n3c4ccccc4c4ccc5c6nccnc6c6ccccc6c5c43)n2)cc1. The zero-order valence-corrected chi connectivity index (χ0v) is 26.2. The minimum absolute atomic E-state index is 0.607. The van der Waals surface area contributed by atoms with Gasteiger partial charge in [0.15, 0.2) is 17.5 Å². The summed E-state index contributed by atoms with van der Waals surface area (Å²) >= 11 is 0. The van der Waals surface area contributed by atoms with Crippen LogP contribution in [0.2, 0.25) is 0 Å². The van der Waals surface area contributed by atoms with Gasteiger partial charge in [-0.15, -0.1) is 0 Å². The lowest BCUT2D eigenvalue weighted by molar-refractivity contribution is 1.06. The van der Waals surface area contributed by atoms with Gasteiger partial charge in [-0.2, -0.15) is 0 Å². The molecule has 0 saturated heterocycles. The molecule has 0 aliphatic heterocycles.